The van der Waals surface area contributed by atoms with Crippen LogP contribution in [-0.4, -0.2) is 13.3 Å². The Kier molecular flexibility index (Phi) is 6.29. The van der Waals surface area contributed by atoms with Crippen LogP contribution in [0.25, 0.3) is 0 Å². The predicted molar refractivity (Wildman–Crippen MR) is 100 cm³/mol. The zero-order chi connectivity index (χ0) is 17.0. The van der Waals surface area contributed by atoms with Gasteiger partial charge < -0.3 is 14.2 Å². The highest BCUT2D eigenvalue weighted by atomic mass is 127. The maximum absolute atomic E-state index is 11.4. The molecule has 2 aromatic carbocycles. The van der Waals surface area contributed by atoms with E-state index in [1.807, 2.05) is 38.1 Å². The van der Waals surface area contributed by atoms with Gasteiger partial charge in [0.05, 0.1) is 11.6 Å². The highest BCUT2D eigenvalue weighted by Crippen LogP contribution is 2.31. The number of methoxy groups -OCH3 is 1. The topological polar surface area (TPSA) is 44.8 Å². The molecule has 0 aliphatic carbocycles. The predicted octanol–water partition coefficient (Wildman–Crippen LogP) is 5.39. The van der Waals surface area contributed by atoms with E-state index in [-0.39, 0.29) is 6.61 Å². The van der Waals surface area contributed by atoms with Crippen molar-refractivity contribution in [3.63, 3.8) is 0 Å². The van der Waals surface area contributed by atoms with E-state index in [9.17, 15) is 4.79 Å². The first-order chi connectivity index (χ1) is 10.9. The highest BCUT2D eigenvalue weighted by molar-refractivity contribution is 14.1. The number of hydrogen-bond acceptors (Lipinski definition) is 4. The average molecular weight is 491 g/mol. The third-order valence-electron chi connectivity index (χ3n) is 3.36. The van der Waals surface area contributed by atoms with Crippen molar-refractivity contribution in [2.24, 2.45) is 0 Å². The Bertz CT molecular complexity index is 731. The van der Waals surface area contributed by atoms with Crippen LogP contribution in [0.4, 0.5) is 4.79 Å². The maximum atomic E-state index is 11.4. The summed E-state index contributed by atoms with van der Waals surface area (Å²) in [5, 5.41) is 0. The van der Waals surface area contributed by atoms with Gasteiger partial charge in [0.25, 0.3) is 0 Å². The number of carbonyl (C=O) groups is 1. The normalized spacial score (nSPS) is 10.3. The molecule has 0 aromatic heterocycles. The van der Waals surface area contributed by atoms with E-state index in [1.165, 1.54) is 12.7 Å². The molecule has 23 heavy (non-hydrogen) atoms. The molecular formula is C17H16BrIO4. The lowest BCUT2D eigenvalue weighted by molar-refractivity contribution is 0.120. The number of aryl methyl sites for hydroxylation is 2. The molecule has 0 N–H and O–H groups in total. The van der Waals surface area contributed by atoms with Gasteiger partial charge in [0.15, 0.2) is 0 Å². The Balaban J connectivity index is 2.23. The largest absolute Gasteiger partial charge is 0.513 e. The van der Waals surface area contributed by atoms with Gasteiger partial charge in [-0.1, -0.05) is 6.07 Å². The van der Waals surface area contributed by atoms with Gasteiger partial charge >= 0.3 is 6.16 Å². The summed E-state index contributed by atoms with van der Waals surface area (Å²) >= 11 is 5.70. The molecule has 0 aliphatic rings. The van der Waals surface area contributed by atoms with Crippen molar-refractivity contribution in [3.05, 3.63) is 55.1 Å². The van der Waals surface area contributed by atoms with E-state index < -0.39 is 6.16 Å². The summed E-state index contributed by atoms with van der Waals surface area (Å²) in [6, 6.07) is 9.46. The van der Waals surface area contributed by atoms with Crippen molar-refractivity contribution in [3.8, 4) is 11.5 Å². The summed E-state index contributed by atoms with van der Waals surface area (Å²) in [7, 11) is 1.28. The Hall–Kier alpha value is -1.28. The van der Waals surface area contributed by atoms with Crippen LogP contribution in [0.2, 0.25) is 0 Å². The van der Waals surface area contributed by atoms with Crippen molar-refractivity contribution < 1.29 is 19.0 Å². The minimum Gasteiger partial charge on any atom is -0.488 e. The summed E-state index contributed by atoms with van der Waals surface area (Å²) in [5.41, 5.74) is 3.13. The minimum absolute atomic E-state index is 0.284. The second-order valence-electron chi connectivity index (χ2n) is 4.93. The van der Waals surface area contributed by atoms with Crippen molar-refractivity contribution >= 4 is 44.7 Å². The Morgan fingerprint density at radius 1 is 1.17 bits per heavy atom. The first-order valence-electron chi connectivity index (χ1n) is 6.85. The van der Waals surface area contributed by atoms with E-state index in [4.69, 9.17) is 9.47 Å². The second-order valence-corrected chi connectivity index (χ2v) is 6.94. The highest BCUT2D eigenvalue weighted by Gasteiger charge is 2.14. The fourth-order valence-electron chi connectivity index (χ4n) is 1.92. The number of hydrogen-bond donors (Lipinski definition) is 0. The summed E-state index contributed by atoms with van der Waals surface area (Å²) in [4.78, 5) is 11.4. The van der Waals surface area contributed by atoms with Gasteiger partial charge in [-0.2, -0.15) is 0 Å². The number of halogens is 2. The average Bonchev–Trinajstić information content (AvgIpc) is 2.51. The molecule has 0 heterocycles. The molecule has 2 rings (SSSR count). The van der Waals surface area contributed by atoms with Crippen LogP contribution in [0.15, 0.2) is 34.8 Å². The van der Waals surface area contributed by atoms with Gasteiger partial charge in [-0.3, -0.25) is 0 Å². The molecule has 0 atom stereocenters. The zero-order valence-electron chi connectivity index (χ0n) is 13.0. The van der Waals surface area contributed by atoms with Gasteiger partial charge in [-0.25, -0.2) is 4.79 Å². The molecule has 2 aromatic rings. The lowest BCUT2D eigenvalue weighted by Gasteiger charge is -2.14. The molecule has 4 nitrogen and oxygen atoms in total. The smallest absolute Gasteiger partial charge is 0.488 e. The van der Waals surface area contributed by atoms with Crippen LogP contribution < -0.4 is 9.47 Å². The molecule has 0 saturated heterocycles. The minimum atomic E-state index is -0.749. The molecule has 0 unspecified atom stereocenters. The lowest BCUT2D eigenvalue weighted by Crippen LogP contribution is -2.10. The van der Waals surface area contributed by atoms with Crippen LogP contribution in [0.5, 0.6) is 11.5 Å². The molecule has 0 aliphatic heterocycles. The number of benzene rings is 2. The molecule has 6 heteroatoms. The number of carbonyl (C=O) groups excluding carboxylic acids is 1. The van der Waals surface area contributed by atoms with Crippen molar-refractivity contribution in [1.29, 1.82) is 0 Å². The molecule has 0 bridgehead atoms. The summed E-state index contributed by atoms with van der Waals surface area (Å²) in [5.74, 6) is 1.18. The van der Waals surface area contributed by atoms with Gasteiger partial charge in [0.1, 0.15) is 18.1 Å². The summed E-state index contributed by atoms with van der Waals surface area (Å²) in [6.45, 7) is 4.37. The second kappa shape index (κ2) is 8.01. The Labute approximate surface area is 157 Å². The van der Waals surface area contributed by atoms with E-state index in [1.54, 1.807) is 6.07 Å². The Morgan fingerprint density at radius 3 is 2.57 bits per heavy atom. The van der Waals surface area contributed by atoms with E-state index in [0.29, 0.717) is 5.75 Å². The zero-order valence-corrected chi connectivity index (χ0v) is 16.7. The standard InChI is InChI=1S/C17H16BrIO4/c1-10-7-13(18)16(8-11(10)2)22-9-12-14(19)5-4-6-15(12)23-17(20)21-3/h4-8H,9H2,1-3H3. The number of rotatable bonds is 4. The fourth-order valence-corrected chi connectivity index (χ4v) is 3.12. The SMILES string of the molecule is COC(=O)Oc1cccc(I)c1COc1cc(C)c(C)cc1Br. The molecule has 0 saturated carbocycles. The van der Waals surface area contributed by atoms with Gasteiger partial charge in [0, 0.05) is 9.13 Å². The first-order valence-corrected chi connectivity index (χ1v) is 8.72. The molecule has 122 valence electrons. The van der Waals surface area contributed by atoms with Crippen molar-refractivity contribution in [2.75, 3.05) is 7.11 Å². The Morgan fingerprint density at radius 2 is 1.87 bits per heavy atom. The van der Waals surface area contributed by atoms with Crippen LogP contribution in [0, 0.1) is 17.4 Å². The van der Waals surface area contributed by atoms with Crippen LogP contribution in [0.3, 0.4) is 0 Å². The third kappa shape index (κ3) is 4.60. The molecule has 0 fully saturated rings. The van der Waals surface area contributed by atoms with Gasteiger partial charge in [-0.05, 0) is 87.8 Å². The quantitative estimate of drug-likeness (QED) is 0.327. The van der Waals surface area contributed by atoms with Crippen LogP contribution >= 0.6 is 38.5 Å². The van der Waals surface area contributed by atoms with Crippen molar-refractivity contribution in [1.82, 2.24) is 0 Å². The van der Waals surface area contributed by atoms with Crippen LogP contribution in [0.1, 0.15) is 16.7 Å². The summed E-state index contributed by atoms with van der Waals surface area (Å²) in [6.07, 6.45) is -0.749. The van der Waals surface area contributed by atoms with Crippen molar-refractivity contribution in [2.45, 2.75) is 20.5 Å². The summed E-state index contributed by atoms with van der Waals surface area (Å²) < 4.78 is 17.5. The molecular weight excluding hydrogens is 475 g/mol. The van der Waals surface area contributed by atoms with Gasteiger partial charge in [-0.15, -0.1) is 0 Å². The maximum Gasteiger partial charge on any atom is 0.513 e. The third-order valence-corrected chi connectivity index (χ3v) is 4.99. The molecule has 0 spiro atoms. The monoisotopic (exact) mass is 490 g/mol. The molecule has 0 radical (unpaired) electrons. The first kappa shape index (κ1) is 18.1. The lowest BCUT2D eigenvalue weighted by atomic mass is 10.1. The van der Waals surface area contributed by atoms with Gasteiger partial charge in [0.2, 0.25) is 0 Å². The van der Waals surface area contributed by atoms with E-state index >= 15 is 0 Å². The van der Waals surface area contributed by atoms with E-state index in [2.05, 4.69) is 43.3 Å². The van der Waals surface area contributed by atoms with E-state index in [0.717, 1.165) is 24.9 Å². The van der Waals surface area contributed by atoms with Crippen LogP contribution in [-0.2, 0) is 11.3 Å². The fraction of sp³-hybridized carbons (Fsp3) is 0.235. The number of ether oxygens (including phenoxy) is 3. The molecule has 0 amide bonds.